The van der Waals surface area contributed by atoms with Crippen LogP contribution in [-0.4, -0.2) is 35.8 Å². The minimum atomic E-state index is -0.638. The van der Waals surface area contributed by atoms with Gasteiger partial charge in [0.2, 0.25) is 11.8 Å². The van der Waals surface area contributed by atoms with Gasteiger partial charge in [0.05, 0.1) is 6.04 Å². The molecule has 2 aromatic rings. The van der Waals surface area contributed by atoms with E-state index in [9.17, 15) is 9.59 Å². The van der Waals surface area contributed by atoms with Gasteiger partial charge < -0.3 is 21.7 Å². The summed E-state index contributed by atoms with van der Waals surface area (Å²) in [4.78, 5) is 25.5. The molecule has 2 amide bonds. The Morgan fingerprint density at radius 2 is 1.72 bits per heavy atom. The number of carbonyl (C=O) groups excluding carboxylic acids is 2. The summed E-state index contributed by atoms with van der Waals surface area (Å²) in [5.41, 5.74) is 8.20. The van der Waals surface area contributed by atoms with Crippen molar-refractivity contribution in [3.05, 3.63) is 71.3 Å². The maximum atomic E-state index is 12.9. The van der Waals surface area contributed by atoms with Crippen LogP contribution in [0.4, 0.5) is 0 Å². The van der Waals surface area contributed by atoms with Gasteiger partial charge >= 0.3 is 0 Å². The molecule has 1 aliphatic rings. The lowest BCUT2D eigenvalue weighted by Crippen LogP contribution is -2.54. The third-order valence-electron chi connectivity index (χ3n) is 5.91. The van der Waals surface area contributed by atoms with E-state index < -0.39 is 6.04 Å². The number of benzene rings is 2. The lowest BCUT2D eigenvalue weighted by atomic mass is 9.91. The van der Waals surface area contributed by atoms with E-state index in [0.29, 0.717) is 24.6 Å². The molecule has 0 radical (unpaired) electrons. The maximum absolute atomic E-state index is 12.9. The van der Waals surface area contributed by atoms with Crippen molar-refractivity contribution in [2.75, 3.05) is 0 Å². The predicted octanol–water partition coefficient (Wildman–Crippen LogP) is 2.24. The Bertz CT molecular complexity index is 910. The van der Waals surface area contributed by atoms with Gasteiger partial charge in [0.25, 0.3) is 0 Å². The second-order valence-corrected chi connectivity index (χ2v) is 8.43. The molecular weight excluding hydrogens is 402 g/mol. The molecule has 1 saturated carbocycles. The largest absolute Gasteiger partial charge is 0.384 e. The lowest BCUT2D eigenvalue weighted by molar-refractivity contribution is -0.130. The van der Waals surface area contributed by atoms with Gasteiger partial charge in [0.1, 0.15) is 11.9 Å². The van der Waals surface area contributed by atoms with Crippen LogP contribution >= 0.6 is 0 Å². The zero-order chi connectivity index (χ0) is 22.9. The minimum absolute atomic E-state index is 0.00856. The number of nitrogens with two attached hydrogens (primary N) is 1. The van der Waals surface area contributed by atoms with Crippen LogP contribution in [0, 0.1) is 5.41 Å². The van der Waals surface area contributed by atoms with Crippen LogP contribution in [-0.2, 0) is 22.6 Å². The summed E-state index contributed by atoms with van der Waals surface area (Å²) >= 11 is 0. The van der Waals surface area contributed by atoms with Crippen LogP contribution < -0.4 is 21.7 Å². The number of amidine groups is 1. The lowest BCUT2D eigenvalue weighted by Gasteiger charge is -2.31. The molecular formula is C25H33N5O2. The zero-order valence-corrected chi connectivity index (χ0v) is 18.6. The van der Waals surface area contributed by atoms with Gasteiger partial charge in [-0.2, -0.15) is 0 Å². The first kappa shape index (κ1) is 23.5. The van der Waals surface area contributed by atoms with Crippen molar-refractivity contribution in [1.29, 1.82) is 5.41 Å². The monoisotopic (exact) mass is 435 g/mol. The normalized spacial score (nSPS) is 15.3. The highest BCUT2D eigenvalue weighted by Crippen LogP contribution is 2.19. The van der Waals surface area contributed by atoms with Gasteiger partial charge in [-0.25, -0.2) is 0 Å². The molecule has 0 saturated heterocycles. The second-order valence-electron chi connectivity index (χ2n) is 8.43. The van der Waals surface area contributed by atoms with Crippen molar-refractivity contribution in [2.45, 2.75) is 63.7 Å². The van der Waals surface area contributed by atoms with Gasteiger partial charge in [0.15, 0.2) is 0 Å². The first-order valence-electron chi connectivity index (χ1n) is 11.2. The summed E-state index contributed by atoms with van der Waals surface area (Å²) in [6.07, 6.45) is 4.86. The molecule has 0 aliphatic heterocycles. The van der Waals surface area contributed by atoms with Crippen LogP contribution in [0.5, 0.6) is 0 Å². The quantitative estimate of drug-likeness (QED) is 0.275. The average Bonchev–Trinajstić information content (AvgIpc) is 2.77. The fraction of sp³-hybridized carbons (Fsp3) is 0.400. The fourth-order valence-corrected chi connectivity index (χ4v) is 3.63. The molecule has 2 aromatic carbocycles. The summed E-state index contributed by atoms with van der Waals surface area (Å²) < 4.78 is 0. The van der Waals surface area contributed by atoms with Crippen molar-refractivity contribution in [2.24, 2.45) is 5.73 Å². The highest BCUT2D eigenvalue weighted by molar-refractivity contribution is 5.95. The van der Waals surface area contributed by atoms with E-state index in [1.165, 1.54) is 12.0 Å². The average molecular weight is 436 g/mol. The molecule has 0 bridgehead atoms. The molecule has 7 nitrogen and oxygen atoms in total. The molecule has 0 unspecified atom stereocenters. The number of nitrogens with one attached hydrogen (secondary N) is 4. The number of nitrogen functional groups attached to an aromatic ring is 1. The Labute approximate surface area is 189 Å². The first-order chi connectivity index (χ1) is 15.4. The van der Waals surface area contributed by atoms with Crippen LogP contribution in [0.15, 0.2) is 54.6 Å². The molecule has 0 heterocycles. The number of carbonyl (C=O) groups is 2. The Morgan fingerprint density at radius 1 is 1.03 bits per heavy atom. The number of rotatable bonds is 11. The van der Waals surface area contributed by atoms with E-state index in [-0.39, 0.29) is 23.7 Å². The summed E-state index contributed by atoms with van der Waals surface area (Å²) in [5.74, 6) is -0.366. The van der Waals surface area contributed by atoms with Crippen molar-refractivity contribution >= 4 is 17.6 Å². The van der Waals surface area contributed by atoms with E-state index in [2.05, 4.69) is 28.1 Å². The van der Waals surface area contributed by atoms with Crippen molar-refractivity contribution < 1.29 is 9.59 Å². The molecule has 0 aromatic heterocycles. The predicted molar refractivity (Wildman–Crippen MR) is 126 cm³/mol. The third-order valence-corrected chi connectivity index (χ3v) is 5.91. The summed E-state index contributed by atoms with van der Waals surface area (Å²) in [6.45, 7) is 2.04. The number of hydrogen-bond acceptors (Lipinski definition) is 4. The molecule has 0 spiro atoms. The topological polar surface area (TPSA) is 120 Å². The molecule has 6 N–H and O–H groups in total. The molecule has 32 heavy (non-hydrogen) atoms. The number of hydrogen-bond donors (Lipinski definition) is 5. The Kier molecular flexibility index (Phi) is 8.39. The molecule has 1 aliphatic carbocycles. The van der Waals surface area contributed by atoms with E-state index in [0.717, 1.165) is 24.8 Å². The fourth-order valence-electron chi connectivity index (χ4n) is 3.63. The highest BCUT2D eigenvalue weighted by atomic mass is 16.2. The molecule has 170 valence electrons. The van der Waals surface area contributed by atoms with Gasteiger partial charge in [-0.1, -0.05) is 61.0 Å². The van der Waals surface area contributed by atoms with Crippen molar-refractivity contribution in [1.82, 2.24) is 16.0 Å². The zero-order valence-electron chi connectivity index (χ0n) is 18.6. The van der Waals surface area contributed by atoms with Crippen LogP contribution in [0.25, 0.3) is 0 Å². The summed E-state index contributed by atoms with van der Waals surface area (Å²) in [7, 11) is 0. The number of aryl methyl sites for hydroxylation is 1. The van der Waals surface area contributed by atoms with E-state index in [1.807, 2.05) is 30.3 Å². The third kappa shape index (κ3) is 6.92. The van der Waals surface area contributed by atoms with Crippen LogP contribution in [0.2, 0.25) is 0 Å². The molecule has 3 rings (SSSR count). The highest BCUT2D eigenvalue weighted by Gasteiger charge is 2.27. The molecule has 2 atom stereocenters. The van der Waals surface area contributed by atoms with E-state index >= 15 is 0 Å². The first-order valence-corrected chi connectivity index (χ1v) is 11.2. The Balaban J connectivity index is 1.50. The van der Waals surface area contributed by atoms with E-state index in [4.69, 9.17) is 11.1 Å². The van der Waals surface area contributed by atoms with Gasteiger partial charge in [-0.05, 0) is 43.7 Å². The number of amides is 2. The SMILES string of the molecule is C[C@H](NC(=O)[C@@H](CCc1ccccc1)NC1CCC1)C(=O)NCc1ccc(C(=N)N)cc1. The van der Waals surface area contributed by atoms with E-state index in [1.54, 1.807) is 19.1 Å². The minimum Gasteiger partial charge on any atom is -0.384 e. The van der Waals surface area contributed by atoms with Crippen molar-refractivity contribution in [3.63, 3.8) is 0 Å². The molecule has 1 fully saturated rings. The summed E-state index contributed by atoms with van der Waals surface area (Å²) in [5, 5.41) is 16.6. The summed E-state index contributed by atoms with van der Waals surface area (Å²) in [6, 6.07) is 16.7. The molecule has 7 heteroatoms. The standard InChI is InChI=1S/C25H33N5O2/c1-17(24(31)28-16-19-10-13-20(14-11-19)23(26)27)29-25(32)22(30-21-8-5-9-21)15-12-18-6-3-2-4-7-18/h2-4,6-7,10-11,13-14,17,21-22,30H,5,8-9,12,15-16H2,1H3,(H3,26,27)(H,28,31)(H,29,32)/t17-,22+/m0/s1. The Morgan fingerprint density at radius 3 is 2.31 bits per heavy atom. The Hall–Kier alpha value is -3.19. The van der Waals surface area contributed by atoms with Crippen LogP contribution in [0.3, 0.4) is 0 Å². The van der Waals surface area contributed by atoms with Crippen molar-refractivity contribution in [3.8, 4) is 0 Å². The second kappa shape index (κ2) is 11.4. The maximum Gasteiger partial charge on any atom is 0.242 e. The van der Waals surface area contributed by atoms with Crippen LogP contribution in [0.1, 0.15) is 49.3 Å². The van der Waals surface area contributed by atoms with Gasteiger partial charge in [-0.15, -0.1) is 0 Å². The van der Waals surface area contributed by atoms with Gasteiger partial charge in [0, 0.05) is 18.2 Å². The smallest absolute Gasteiger partial charge is 0.242 e. The van der Waals surface area contributed by atoms with Gasteiger partial charge in [-0.3, -0.25) is 15.0 Å².